The molecule has 2 aliphatic heterocycles. The zero-order chi connectivity index (χ0) is 32.1. The zero-order valence-electron chi connectivity index (χ0n) is 26.2. The van der Waals surface area contributed by atoms with Gasteiger partial charge in [-0.15, -0.1) is 0 Å². The summed E-state index contributed by atoms with van der Waals surface area (Å²) >= 11 is 6.51. The summed E-state index contributed by atoms with van der Waals surface area (Å²) in [5.41, 5.74) is 3.89. The largest absolute Gasteiger partial charge is 0.495 e. The molecule has 13 nitrogen and oxygen atoms in total. The topological polar surface area (TPSA) is 125 Å². The fraction of sp³-hybridized carbons (Fsp3) is 0.419. The molecule has 2 amide bonds. The van der Waals surface area contributed by atoms with Crippen molar-refractivity contribution in [2.45, 2.75) is 13.5 Å². The van der Waals surface area contributed by atoms with Crippen LogP contribution in [-0.2, 0) is 20.9 Å². The fourth-order valence-electron chi connectivity index (χ4n) is 5.32. The second kappa shape index (κ2) is 14.2. The Kier molecular flexibility index (Phi) is 10.1. The van der Waals surface area contributed by atoms with Crippen LogP contribution in [0.5, 0.6) is 11.5 Å². The molecule has 0 radical (unpaired) electrons. The molecule has 240 valence electrons. The molecule has 14 heteroatoms. The van der Waals surface area contributed by atoms with Crippen molar-refractivity contribution in [3.05, 3.63) is 47.1 Å². The number of halogens is 1. The van der Waals surface area contributed by atoms with Gasteiger partial charge in [0.05, 0.1) is 63.8 Å². The fourth-order valence-corrected chi connectivity index (χ4v) is 5.46. The molecule has 2 aliphatic rings. The molecule has 0 aliphatic carbocycles. The average Bonchev–Trinajstić information content (AvgIpc) is 3.16. The van der Waals surface area contributed by atoms with Gasteiger partial charge < -0.3 is 39.5 Å². The first-order valence-corrected chi connectivity index (χ1v) is 15.1. The Labute approximate surface area is 268 Å². The number of fused-ring (bicyclic) bond motifs is 1. The van der Waals surface area contributed by atoms with Crippen LogP contribution >= 0.6 is 11.6 Å². The average molecular weight is 639 g/mol. The summed E-state index contributed by atoms with van der Waals surface area (Å²) in [6.07, 6.45) is 1.51. The second-order valence-electron chi connectivity index (χ2n) is 10.9. The Morgan fingerprint density at radius 2 is 1.78 bits per heavy atom. The quantitative estimate of drug-likeness (QED) is 0.338. The van der Waals surface area contributed by atoms with Gasteiger partial charge in [0, 0.05) is 52.0 Å². The summed E-state index contributed by atoms with van der Waals surface area (Å²) in [5.74, 6) is 1.65. The number of carbonyl (C=O) groups excluding carboxylic acids is 2. The van der Waals surface area contributed by atoms with E-state index in [9.17, 15) is 9.59 Å². The van der Waals surface area contributed by atoms with Crippen molar-refractivity contribution < 1.29 is 23.8 Å². The molecule has 2 N–H and O–H groups in total. The van der Waals surface area contributed by atoms with E-state index in [1.54, 1.807) is 33.2 Å². The van der Waals surface area contributed by atoms with E-state index in [-0.39, 0.29) is 30.9 Å². The number of ether oxygens (including phenoxy) is 3. The third-order valence-corrected chi connectivity index (χ3v) is 8.00. The molecular weight excluding hydrogens is 600 g/mol. The Morgan fingerprint density at radius 3 is 2.47 bits per heavy atom. The molecule has 3 aromatic rings. The van der Waals surface area contributed by atoms with E-state index in [1.165, 1.54) is 11.1 Å². The summed E-state index contributed by atoms with van der Waals surface area (Å²) in [4.78, 5) is 42.0. The van der Waals surface area contributed by atoms with Crippen molar-refractivity contribution >= 4 is 57.9 Å². The number of anilines is 6. The van der Waals surface area contributed by atoms with Crippen LogP contribution in [0.4, 0.5) is 34.5 Å². The number of nitrogens with one attached hydrogen (secondary N) is 2. The van der Waals surface area contributed by atoms with Gasteiger partial charge in [-0.25, -0.2) is 4.98 Å². The Morgan fingerprint density at radius 1 is 1.04 bits per heavy atom. The van der Waals surface area contributed by atoms with E-state index >= 15 is 0 Å². The number of amides is 2. The first kappa shape index (κ1) is 32.1. The van der Waals surface area contributed by atoms with Gasteiger partial charge in [-0.05, 0) is 36.8 Å². The van der Waals surface area contributed by atoms with E-state index in [0.29, 0.717) is 60.0 Å². The summed E-state index contributed by atoms with van der Waals surface area (Å²) in [6, 6.07) is 9.65. The lowest BCUT2D eigenvalue weighted by Crippen LogP contribution is -2.41. The van der Waals surface area contributed by atoms with Crippen LogP contribution in [0, 0.1) is 0 Å². The number of morpholine rings is 1. The Bertz CT molecular complexity index is 1550. The van der Waals surface area contributed by atoms with Gasteiger partial charge in [-0.2, -0.15) is 4.98 Å². The van der Waals surface area contributed by atoms with E-state index in [0.717, 1.165) is 30.0 Å². The van der Waals surface area contributed by atoms with Gasteiger partial charge >= 0.3 is 0 Å². The molecule has 0 unspecified atom stereocenters. The number of carbonyl (C=O) groups is 2. The number of aromatic nitrogens is 2. The highest BCUT2D eigenvalue weighted by Gasteiger charge is 2.28. The van der Waals surface area contributed by atoms with Gasteiger partial charge in [0.25, 0.3) is 0 Å². The number of methoxy groups -OCH3 is 2. The van der Waals surface area contributed by atoms with Gasteiger partial charge in [-0.1, -0.05) is 11.6 Å². The minimum Gasteiger partial charge on any atom is -0.495 e. The van der Waals surface area contributed by atoms with Crippen LogP contribution in [0.25, 0.3) is 0 Å². The highest BCUT2D eigenvalue weighted by Crippen LogP contribution is 2.38. The molecule has 0 saturated carbocycles. The minimum absolute atomic E-state index is 0.0745. The third kappa shape index (κ3) is 7.32. The maximum Gasteiger partial charge on any atom is 0.241 e. The van der Waals surface area contributed by atoms with Crippen LogP contribution in [0.2, 0.25) is 5.02 Å². The number of hydrogen-bond acceptors (Lipinski definition) is 11. The zero-order valence-corrected chi connectivity index (χ0v) is 27.0. The van der Waals surface area contributed by atoms with Crippen LogP contribution in [0.15, 0.2) is 36.5 Å². The standard InChI is InChI=1S/C31H39ClN8O5/c1-6-40-25-15-24(26(43-4)13-20(25)17-38(19-29(40)42)18-28(41)37(2)3)35-31-33-16-22(32)30(36-31)34-23-8-7-21(14-27(23)44-5)39-9-11-45-12-10-39/h7-8,13-16H,6,9-12,17-19H2,1-5H3,(H2,33,34,35,36). The van der Waals surface area contributed by atoms with Crippen molar-refractivity contribution in [2.75, 3.05) is 94.7 Å². The van der Waals surface area contributed by atoms with Crippen molar-refractivity contribution in [3.8, 4) is 11.5 Å². The predicted octanol–water partition coefficient (Wildman–Crippen LogP) is 3.73. The van der Waals surface area contributed by atoms with E-state index in [1.807, 2.05) is 42.2 Å². The molecule has 0 spiro atoms. The molecule has 3 heterocycles. The number of benzene rings is 2. The van der Waals surface area contributed by atoms with Crippen LogP contribution in [0.1, 0.15) is 12.5 Å². The Hall–Kier alpha value is -4.33. The molecule has 1 fully saturated rings. The van der Waals surface area contributed by atoms with Gasteiger partial charge in [0.15, 0.2) is 5.82 Å². The van der Waals surface area contributed by atoms with Gasteiger partial charge in [0.1, 0.15) is 16.5 Å². The van der Waals surface area contributed by atoms with Crippen molar-refractivity contribution in [3.63, 3.8) is 0 Å². The molecule has 0 atom stereocenters. The molecule has 45 heavy (non-hydrogen) atoms. The maximum atomic E-state index is 13.3. The minimum atomic E-state index is -0.0956. The van der Waals surface area contributed by atoms with E-state index in [2.05, 4.69) is 25.5 Å². The molecule has 2 aromatic carbocycles. The van der Waals surface area contributed by atoms with E-state index in [4.69, 9.17) is 25.8 Å². The van der Waals surface area contributed by atoms with Crippen LogP contribution in [-0.4, -0.2) is 106 Å². The molecule has 1 saturated heterocycles. The first-order chi connectivity index (χ1) is 21.7. The second-order valence-corrected chi connectivity index (χ2v) is 11.3. The summed E-state index contributed by atoms with van der Waals surface area (Å²) in [6.45, 7) is 6.05. The predicted molar refractivity (Wildman–Crippen MR) is 175 cm³/mol. The summed E-state index contributed by atoms with van der Waals surface area (Å²) < 4.78 is 16.9. The van der Waals surface area contributed by atoms with E-state index < -0.39 is 0 Å². The lowest BCUT2D eigenvalue weighted by atomic mass is 10.1. The van der Waals surface area contributed by atoms with Crippen LogP contribution < -0.4 is 29.9 Å². The number of rotatable bonds is 10. The summed E-state index contributed by atoms with van der Waals surface area (Å²) in [5, 5.41) is 6.83. The van der Waals surface area contributed by atoms with Crippen molar-refractivity contribution in [2.24, 2.45) is 0 Å². The lowest BCUT2D eigenvalue weighted by Gasteiger charge is -2.29. The third-order valence-electron chi connectivity index (χ3n) is 7.72. The lowest BCUT2D eigenvalue weighted by molar-refractivity contribution is -0.130. The molecular formula is C31H39ClN8O5. The number of hydrogen-bond donors (Lipinski definition) is 2. The summed E-state index contributed by atoms with van der Waals surface area (Å²) in [7, 11) is 6.59. The van der Waals surface area contributed by atoms with Gasteiger partial charge in [0.2, 0.25) is 17.8 Å². The number of nitrogens with zero attached hydrogens (tertiary/aromatic N) is 6. The van der Waals surface area contributed by atoms with Crippen LogP contribution in [0.3, 0.4) is 0 Å². The van der Waals surface area contributed by atoms with Gasteiger partial charge in [-0.3, -0.25) is 14.5 Å². The highest BCUT2D eigenvalue weighted by molar-refractivity contribution is 6.33. The monoisotopic (exact) mass is 638 g/mol. The van der Waals surface area contributed by atoms with Crippen molar-refractivity contribution in [1.29, 1.82) is 0 Å². The molecule has 5 rings (SSSR count). The number of likely N-dealkylation sites (N-methyl/N-ethyl adjacent to an activating group) is 2. The Balaban J connectivity index is 1.41. The first-order valence-electron chi connectivity index (χ1n) is 14.7. The normalized spacial score (nSPS) is 15.3. The molecule has 0 bridgehead atoms. The maximum absolute atomic E-state index is 13.3. The van der Waals surface area contributed by atoms with Crippen molar-refractivity contribution in [1.82, 2.24) is 19.8 Å². The molecule has 1 aromatic heterocycles. The smallest absolute Gasteiger partial charge is 0.241 e. The SMILES string of the molecule is CCN1C(=O)CN(CC(=O)N(C)C)Cc2cc(OC)c(Nc3ncc(Cl)c(Nc4ccc(N5CCOCC5)cc4OC)n3)cc21. The highest BCUT2D eigenvalue weighted by atomic mass is 35.5.